The van der Waals surface area contributed by atoms with Crippen LogP contribution in [0.5, 0.6) is 0 Å². The summed E-state index contributed by atoms with van der Waals surface area (Å²) in [7, 11) is 1.86. The predicted molar refractivity (Wildman–Crippen MR) is 133 cm³/mol. The largest absolute Gasteiger partial charge is 0.310 e. The van der Waals surface area contributed by atoms with Crippen molar-refractivity contribution in [2.24, 2.45) is 7.05 Å². The van der Waals surface area contributed by atoms with Crippen LogP contribution < -0.4 is 5.32 Å². The van der Waals surface area contributed by atoms with E-state index in [9.17, 15) is 4.79 Å². The number of hydrogen-bond donors (Lipinski definition) is 1. The number of nitrogens with zero attached hydrogens (tertiary/aromatic N) is 4. The van der Waals surface area contributed by atoms with Crippen molar-refractivity contribution >= 4 is 23.3 Å². The average molecular weight is 470 g/mol. The van der Waals surface area contributed by atoms with Gasteiger partial charge in [-0.15, -0.1) is 0 Å². The van der Waals surface area contributed by atoms with Crippen LogP contribution in [0.2, 0.25) is 5.02 Å². The fourth-order valence-corrected chi connectivity index (χ4v) is 3.95. The van der Waals surface area contributed by atoms with Crippen molar-refractivity contribution in [2.45, 2.75) is 25.2 Å². The first-order chi connectivity index (χ1) is 16.5. The molecule has 170 valence electrons. The summed E-state index contributed by atoms with van der Waals surface area (Å²) >= 11 is 6.06. The molecule has 7 heteroatoms. The summed E-state index contributed by atoms with van der Waals surface area (Å²) in [5, 5.41) is 16.7. The Bertz CT molecular complexity index is 1290. The third-order valence-electron chi connectivity index (χ3n) is 5.68. The van der Waals surface area contributed by atoms with Gasteiger partial charge in [0.05, 0.1) is 23.7 Å². The monoisotopic (exact) mass is 469 g/mol. The number of nitrogens with one attached hydrogen (secondary N) is 1. The molecule has 1 atom stereocenters. The Labute approximate surface area is 203 Å². The first-order valence-corrected chi connectivity index (χ1v) is 11.4. The lowest BCUT2D eigenvalue weighted by Gasteiger charge is -2.17. The SMILES string of the molecule is Cn1cc(-c2ccc(NC(=O)C(CCCc3ccc(C#N)cc3)c3ccc(Cl)cc3)nc2)cn1. The second-order valence-electron chi connectivity index (χ2n) is 8.13. The van der Waals surface area contributed by atoms with Crippen LogP contribution in [0.1, 0.15) is 35.4 Å². The quantitative estimate of drug-likeness (QED) is 0.356. The van der Waals surface area contributed by atoms with E-state index in [0.717, 1.165) is 35.1 Å². The van der Waals surface area contributed by atoms with E-state index >= 15 is 0 Å². The summed E-state index contributed by atoms with van der Waals surface area (Å²) in [4.78, 5) is 17.7. The zero-order chi connectivity index (χ0) is 23.9. The molecule has 0 saturated carbocycles. The van der Waals surface area contributed by atoms with Gasteiger partial charge in [-0.2, -0.15) is 10.4 Å². The van der Waals surface area contributed by atoms with Gasteiger partial charge in [-0.25, -0.2) is 4.98 Å². The van der Waals surface area contributed by atoms with Gasteiger partial charge in [0.1, 0.15) is 5.82 Å². The van der Waals surface area contributed by atoms with Crippen LogP contribution in [0, 0.1) is 11.3 Å². The molecule has 1 N–H and O–H groups in total. The standard InChI is InChI=1S/C27H24ClN5O/c1-33-18-23(17-31-33)22-11-14-26(30-16-22)32-27(34)25(21-9-12-24(28)13-10-21)4-2-3-19-5-7-20(15-29)8-6-19/h5-14,16-18,25H,2-4H2,1H3,(H,30,32,34). The Hall–Kier alpha value is -3.95. The molecule has 0 radical (unpaired) electrons. The van der Waals surface area contributed by atoms with Gasteiger partial charge < -0.3 is 5.32 Å². The molecule has 2 heterocycles. The number of benzene rings is 2. The Morgan fingerprint density at radius 1 is 1.06 bits per heavy atom. The molecule has 2 aromatic carbocycles. The molecule has 0 fully saturated rings. The Morgan fingerprint density at radius 2 is 1.82 bits per heavy atom. The number of pyridine rings is 1. The van der Waals surface area contributed by atoms with E-state index in [1.807, 2.05) is 55.7 Å². The lowest BCUT2D eigenvalue weighted by atomic mass is 9.91. The van der Waals surface area contributed by atoms with Crippen LogP contribution in [-0.4, -0.2) is 20.7 Å². The van der Waals surface area contributed by atoms with E-state index in [4.69, 9.17) is 16.9 Å². The molecule has 1 amide bonds. The number of aromatic nitrogens is 3. The van der Waals surface area contributed by atoms with Gasteiger partial charge in [0, 0.05) is 35.6 Å². The third-order valence-corrected chi connectivity index (χ3v) is 5.94. The summed E-state index contributed by atoms with van der Waals surface area (Å²) < 4.78 is 1.74. The zero-order valence-corrected chi connectivity index (χ0v) is 19.5. The van der Waals surface area contributed by atoms with E-state index in [-0.39, 0.29) is 11.8 Å². The maximum Gasteiger partial charge on any atom is 0.233 e. The number of hydrogen-bond acceptors (Lipinski definition) is 4. The molecule has 0 aliphatic carbocycles. The summed E-state index contributed by atoms with van der Waals surface area (Å²) in [5.74, 6) is 0.0583. The molecule has 0 aliphatic rings. The van der Waals surface area contributed by atoms with E-state index in [1.54, 1.807) is 35.3 Å². The fraction of sp³-hybridized carbons (Fsp3) is 0.185. The summed E-state index contributed by atoms with van der Waals surface area (Å²) in [6, 6.07) is 20.8. The molecular formula is C27H24ClN5O. The van der Waals surface area contributed by atoms with Crippen LogP contribution in [-0.2, 0) is 18.3 Å². The number of rotatable bonds is 8. The summed E-state index contributed by atoms with van der Waals surface area (Å²) in [6.07, 6.45) is 7.73. The highest BCUT2D eigenvalue weighted by Crippen LogP contribution is 2.26. The van der Waals surface area contributed by atoms with E-state index in [0.29, 0.717) is 22.8 Å². The lowest BCUT2D eigenvalue weighted by Crippen LogP contribution is -2.22. The minimum absolute atomic E-state index is 0.108. The number of halogens is 1. The molecule has 34 heavy (non-hydrogen) atoms. The van der Waals surface area contributed by atoms with Gasteiger partial charge in [-0.3, -0.25) is 9.48 Å². The van der Waals surface area contributed by atoms with Crippen LogP contribution >= 0.6 is 11.6 Å². The second-order valence-corrected chi connectivity index (χ2v) is 8.57. The molecule has 1 unspecified atom stereocenters. The van der Waals surface area contributed by atoms with Crippen molar-refractivity contribution in [3.63, 3.8) is 0 Å². The van der Waals surface area contributed by atoms with Crippen LogP contribution in [0.25, 0.3) is 11.1 Å². The fourth-order valence-electron chi connectivity index (χ4n) is 3.82. The number of nitriles is 1. The maximum atomic E-state index is 13.2. The van der Waals surface area contributed by atoms with Gasteiger partial charge in [-0.1, -0.05) is 35.9 Å². The van der Waals surface area contributed by atoms with Crippen molar-refractivity contribution in [3.05, 3.63) is 101 Å². The lowest BCUT2D eigenvalue weighted by molar-refractivity contribution is -0.117. The average Bonchev–Trinajstić information content (AvgIpc) is 3.29. The van der Waals surface area contributed by atoms with Gasteiger partial charge >= 0.3 is 0 Å². The van der Waals surface area contributed by atoms with Gasteiger partial charge in [-0.05, 0) is 66.8 Å². The highest BCUT2D eigenvalue weighted by Gasteiger charge is 2.21. The van der Waals surface area contributed by atoms with Crippen LogP contribution in [0.4, 0.5) is 5.82 Å². The first-order valence-electron chi connectivity index (χ1n) is 11.0. The molecule has 0 bridgehead atoms. The molecular weight excluding hydrogens is 446 g/mol. The molecule has 0 saturated heterocycles. The van der Waals surface area contributed by atoms with Gasteiger partial charge in [0.2, 0.25) is 5.91 Å². The van der Waals surface area contributed by atoms with E-state index < -0.39 is 0 Å². The first kappa shape index (κ1) is 23.2. The normalized spacial score (nSPS) is 11.6. The van der Waals surface area contributed by atoms with E-state index in [1.165, 1.54) is 0 Å². The Kier molecular flexibility index (Phi) is 7.36. The number of carbonyl (C=O) groups excluding carboxylic acids is 1. The van der Waals surface area contributed by atoms with Crippen molar-refractivity contribution in [1.82, 2.24) is 14.8 Å². The van der Waals surface area contributed by atoms with E-state index in [2.05, 4.69) is 21.5 Å². The summed E-state index contributed by atoms with van der Waals surface area (Å²) in [6.45, 7) is 0. The van der Waals surface area contributed by atoms with Crippen LogP contribution in [0.3, 0.4) is 0 Å². The van der Waals surface area contributed by atoms with Crippen molar-refractivity contribution in [1.29, 1.82) is 5.26 Å². The van der Waals surface area contributed by atoms with Crippen molar-refractivity contribution in [3.8, 4) is 17.2 Å². The predicted octanol–water partition coefficient (Wildman–Crippen LogP) is 5.75. The minimum atomic E-state index is -0.338. The second kappa shape index (κ2) is 10.8. The van der Waals surface area contributed by atoms with Gasteiger partial charge in [0.25, 0.3) is 0 Å². The molecule has 0 spiro atoms. The molecule has 4 aromatic rings. The van der Waals surface area contributed by atoms with Crippen LogP contribution in [0.15, 0.2) is 79.3 Å². The van der Waals surface area contributed by atoms with Crippen molar-refractivity contribution in [2.75, 3.05) is 5.32 Å². The Morgan fingerprint density at radius 3 is 2.44 bits per heavy atom. The number of aryl methyl sites for hydroxylation is 2. The highest BCUT2D eigenvalue weighted by atomic mass is 35.5. The number of carbonyl (C=O) groups is 1. The minimum Gasteiger partial charge on any atom is -0.310 e. The third kappa shape index (κ3) is 5.89. The maximum absolute atomic E-state index is 13.2. The molecule has 6 nitrogen and oxygen atoms in total. The Balaban J connectivity index is 1.44. The highest BCUT2D eigenvalue weighted by molar-refractivity contribution is 6.30. The topological polar surface area (TPSA) is 83.6 Å². The number of amides is 1. The molecule has 2 aromatic heterocycles. The molecule has 4 rings (SSSR count). The smallest absolute Gasteiger partial charge is 0.233 e. The van der Waals surface area contributed by atoms with Gasteiger partial charge in [0.15, 0.2) is 0 Å². The number of anilines is 1. The summed E-state index contributed by atoms with van der Waals surface area (Å²) in [5.41, 5.74) is 4.59. The van der Waals surface area contributed by atoms with Crippen molar-refractivity contribution < 1.29 is 4.79 Å². The molecule has 0 aliphatic heterocycles. The zero-order valence-electron chi connectivity index (χ0n) is 18.8.